The molecule has 0 unspecified atom stereocenters. The summed E-state index contributed by atoms with van der Waals surface area (Å²) < 4.78 is 27.6. The van der Waals surface area contributed by atoms with E-state index in [0.717, 1.165) is 5.56 Å². The number of halogens is 1. The number of nitrogens with zero attached hydrogens (tertiary/aromatic N) is 1. The minimum absolute atomic E-state index is 0.0136. The van der Waals surface area contributed by atoms with E-state index >= 15 is 0 Å². The van der Waals surface area contributed by atoms with Crippen molar-refractivity contribution in [3.63, 3.8) is 0 Å². The summed E-state index contributed by atoms with van der Waals surface area (Å²) in [5.74, 6) is 5.39. The van der Waals surface area contributed by atoms with E-state index in [0.29, 0.717) is 17.4 Å². The summed E-state index contributed by atoms with van der Waals surface area (Å²) in [6, 6.07) is 3.42. The molecule has 2 heterocycles. The van der Waals surface area contributed by atoms with Crippen molar-refractivity contribution in [3.8, 4) is 0 Å². The summed E-state index contributed by atoms with van der Waals surface area (Å²) >= 11 is 4.78. The van der Waals surface area contributed by atoms with Crippen molar-refractivity contribution in [3.05, 3.63) is 39.1 Å². The van der Waals surface area contributed by atoms with Gasteiger partial charge in [0.2, 0.25) is 10.0 Å². The van der Waals surface area contributed by atoms with E-state index < -0.39 is 10.0 Å². The third-order valence-corrected chi connectivity index (χ3v) is 5.17. The molecule has 0 aliphatic rings. The Kier molecular flexibility index (Phi) is 5.11. The molecule has 0 atom stereocenters. The molecule has 0 amide bonds. The lowest BCUT2D eigenvalue weighted by Crippen LogP contribution is -2.27. The largest absolute Gasteiger partial charge is 0.307 e. The Morgan fingerprint density at radius 1 is 1.45 bits per heavy atom. The molecule has 0 fully saturated rings. The van der Waals surface area contributed by atoms with Gasteiger partial charge in [0, 0.05) is 17.2 Å². The van der Waals surface area contributed by atoms with Gasteiger partial charge in [-0.3, -0.25) is 0 Å². The predicted octanol–water partition coefficient (Wildman–Crippen LogP) is 1.71. The number of sulfonamides is 1. The second kappa shape index (κ2) is 6.64. The van der Waals surface area contributed by atoms with Crippen molar-refractivity contribution in [2.24, 2.45) is 5.84 Å². The van der Waals surface area contributed by atoms with E-state index in [1.54, 1.807) is 11.3 Å². The first-order valence-electron chi connectivity index (χ1n) is 5.66. The summed E-state index contributed by atoms with van der Waals surface area (Å²) in [6.45, 7) is 0.315. The van der Waals surface area contributed by atoms with Gasteiger partial charge in [0.05, 0.1) is 0 Å². The highest BCUT2D eigenvalue weighted by atomic mass is 79.9. The van der Waals surface area contributed by atoms with Gasteiger partial charge in [0.25, 0.3) is 0 Å². The fourth-order valence-corrected chi connectivity index (χ4v) is 3.94. The molecular formula is C11H13BrN4O2S2. The highest BCUT2D eigenvalue weighted by molar-refractivity contribution is 9.10. The third-order valence-electron chi connectivity index (χ3n) is 2.53. The molecule has 2 aromatic heterocycles. The number of aromatic nitrogens is 1. The molecule has 0 radical (unpaired) electrons. The average Bonchev–Trinajstić information content (AvgIpc) is 2.91. The molecule has 4 N–H and O–H groups in total. The number of nitrogen functional groups attached to an aromatic ring is 1. The summed E-state index contributed by atoms with van der Waals surface area (Å²) in [5.41, 5.74) is 3.38. The minimum atomic E-state index is -3.66. The summed E-state index contributed by atoms with van der Waals surface area (Å²) in [6.07, 6.45) is 2.11. The van der Waals surface area contributed by atoms with Crippen LogP contribution in [-0.2, 0) is 16.4 Å². The van der Waals surface area contributed by atoms with Gasteiger partial charge in [-0.25, -0.2) is 24.0 Å². The number of rotatable bonds is 6. The van der Waals surface area contributed by atoms with Gasteiger partial charge in [-0.05, 0) is 50.8 Å². The van der Waals surface area contributed by atoms with Crippen molar-refractivity contribution < 1.29 is 8.42 Å². The first-order valence-corrected chi connectivity index (χ1v) is 8.88. The summed E-state index contributed by atoms with van der Waals surface area (Å²) in [5, 5.41) is 3.94. The Bertz CT molecular complexity index is 674. The number of nitrogens with one attached hydrogen (secondary N) is 2. The molecule has 9 heteroatoms. The molecule has 0 aromatic carbocycles. The Morgan fingerprint density at radius 2 is 2.25 bits per heavy atom. The number of anilines is 1. The van der Waals surface area contributed by atoms with Crippen molar-refractivity contribution in [2.75, 3.05) is 12.0 Å². The van der Waals surface area contributed by atoms with Crippen LogP contribution in [0.15, 0.2) is 38.5 Å². The molecule has 20 heavy (non-hydrogen) atoms. The maximum absolute atomic E-state index is 12.2. The van der Waals surface area contributed by atoms with Crippen LogP contribution in [0, 0.1) is 0 Å². The van der Waals surface area contributed by atoms with Crippen LogP contribution in [0.5, 0.6) is 0 Å². The quantitative estimate of drug-likeness (QED) is 0.526. The minimum Gasteiger partial charge on any atom is -0.307 e. The molecule has 0 saturated heterocycles. The third kappa shape index (κ3) is 3.76. The van der Waals surface area contributed by atoms with Gasteiger partial charge in [0.1, 0.15) is 4.90 Å². The Balaban J connectivity index is 2.11. The lowest BCUT2D eigenvalue weighted by Gasteiger charge is -2.10. The van der Waals surface area contributed by atoms with Crippen molar-refractivity contribution in [1.82, 2.24) is 9.71 Å². The van der Waals surface area contributed by atoms with E-state index in [1.807, 2.05) is 16.8 Å². The summed E-state index contributed by atoms with van der Waals surface area (Å²) in [7, 11) is -3.66. The van der Waals surface area contributed by atoms with Crippen LogP contribution in [0.2, 0.25) is 0 Å². The number of hydrazine groups is 1. The lowest BCUT2D eigenvalue weighted by atomic mass is 10.2. The van der Waals surface area contributed by atoms with Crippen molar-refractivity contribution in [2.45, 2.75) is 11.3 Å². The molecular weight excluding hydrogens is 364 g/mol. The number of hydrogen-bond acceptors (Lipinski definition) is 6. The highest BCUT2D eigenvalue weighted by Gasteiger charge is 2.19. The molecule has 0 saturated carbocycles. The molecule has 2 aromatic rings. The van der Waals surface area contributed by atoms with Crippen molar-refractivity contribution >= 4 is 43.1 Å². The zero-order chi connectivity index (χ0) is 14.6. The van der Waals surface area contributed by atoms with Crippen LogP contribution in [-0.4, -0.2) is 19.9 Å². The highest BCUT2D eigenvalue weighted by Crippen LogP contribution is 2.21. The molecule has 0 bridgehead atoms. The van der Waals surface area contributed by atoms with Crippen LogP contribution < -0.4 is 16.0 Å². The summed E-state index contributed by atoms with van der Waals surface area (Å²) in [4.78, 5) is 3.93. The first-order chi connectivity index (χ1) is 9.53. The second-order valence-electron chi connectivity index (χ2n) is 3.92. The second-order valence-corrected chi connectivity index (χ2v) is 7.36. The fourth-order valence-electron chi connectivity index (χ4n) is 1.58. The Hall–Kier alpha value is -1.00. The number of pyridine rings is 1. The average molecular weight is 377 g/mol. The van der Waals surface area contributed by atoms with Gasteiger partial charge in [-0.1, -0.05) is 0 Å². The van der Waals surface area contributed by atoms with E-state index in [4.69, 9.17) is 5.84 Å². The SMILES string of the molecule is NNc1ncc(Br)cc1S(=O)(=O)NCCc1ccsc1. The Labute approximate surface area is 129 Å². The van der Waals surface area contributed by atoms with Crippen LogP contribution in [0.3, 0.4) is 0 Å². The zero-order valence-corrected chi connectivity index (χ0v) is 13.6. The normalized spacial score (nSPS) is 11.5. The number of hydrogen-bond donors (Lipinski definition) is 3. The van der Waals surface area contributed by atoms with Crippen LogP contribution >= 0.6 is 27.3 Å². The molecule has 0 aliphatic heterocycles. The first kappa shape index (κ1) is 15.4. The van der Waals surface area contributed by atoms with Crippen LogP contribution in [0.4, 0.5) is 5.82 Å². The lowest BCUT2D eigenvalue weighted by molar-refractivity contribution is 0.581. The van der Waals surface area contributed by atoms with Gasteiger partial charge in [0.15, 0.2) is 5.82 Å². The fraction of sp³-hybridized carbons (Fsp3) is 0.182. The monoisotopic (exact) mass is 376 g/mol. The maximum Gasteiger partial charge on any atom is 0.244 e. The maximum atomic E-state index is 12.2. The van der Waals surface area contributed by atoms with Gasteiger partial charge in [-0.2, -0.15) is 11.3 Å². The smallest absolute Gasteiger partial charge is 0.244 e. The zero-order valence-electron chi connectivity index (χ0n) is 10.3. The van der Waals surface area contributed by atoms with Crippen molar-refractivity contribution in [1.29, 1.82) is 0 Å². The molecule has 6 nitrogen and oxygen atoms in total. The predicted molar refractivity (Wildman–Crippen MR) is 83.0 cm³/mol. The van der Waals surface area contributed by atoms with Crippen LogP contribution in [0.1, 0.15) is 5.56 Å². The Morgan fingerprint density at radius 3 is 2.90 bits per heavy atom. The molecule has 0 spiro atoms. The molecule has 108 valence electrons. The van der Waals surface area contributed by atoms with Crippen LogP contribution in [0.25, 0.3) is 0 Å². The van der Waals surface area contributed by atoms with Gasteiger partial charge in [-0.15, -0.1) is 0 Å². The van der Waals surface area contributed by atoms with E-state index in [9.17, 15) is 8.42 Å². The molecule has 2 rings (SSSR count). The van der Waals surface area contributed by atoms with Gasteiger partial charge >= 0.3 is 0 Å². The van der Waals surface area contributed by atoms with E-state index in [1.165, 1.54) is 12.3 Å². The van der Waals surface area contributed by atoms with E-state index in [-0.39, 0.29) is 10.7 Å². The number of thiophene rings is 1. The topological polar surface area (TPSA) is 97.1 Å². The number of nitrogens with two attached hydrogens (primary N) is 1. The standard InChI is InChI=1S/C11H13BrN4O2S2/c12-9-5-10(11(16-13)14-6-9)20(17,18)15-3-1-8-2-4-19-7-8/h2,4-7,15H,1,3,13H2,(H,14,16). The van der Waals surface area contributed by atoms with E-state index in [2.05, 4.69) is 31.1 Å². The molecule has 0 aliphatic carbocycles. The van der Waals surface area contributed by atoms with Gasteiger partial charge < -0.3 is 5.43 Å².